The maximum Gasteiger partial charge on any atom is 0.0688 e. The van der Waals surface area contributed by atoms with Crippen molar-refractivity contribution in [2.45, 2.75) is 52.0 Å². The van der Waals surface area contributed by atoms with Gasteiger partial charge in [-0.25, -0.2) is 0 Å². The Morgan fingerprint density at radius 3 is 2.95 bits per heavy atom. The van der Waals surface area contributed by atoms with Gasteiger partial charge < -0.3 is 5.32 Å². The summed E-state index contributed by atoms with van der Waals surface area (Å²) in [4.78, 5) is 7.42. The van der Waals surface area contributed by atoms with Crippen molar-refractivity contribution in [2.75, 3.05) is 6.54 Å². The third kappa shape index (κ3) is 3.19. The summed E-state index contributed by atoms with van der Waals surface area (Å²) in [5.41, 5.74) is 4.24. The molecular weight excluding hydrogens is 276 g/mol. The van der Waals surface area contributed by atoms with Crippen LogP contribution in [0.3, 0.4) is 0 Å². The zero-order valence-electron chi connectivity index (χ0n) is 13.0. The summed E-state index contributed by atoms with van der Waals surface area (Å²) in [6, 6.07) is 4.86. The van der Waals surface area contributed by atoms with Crippen LogP contribution in [0.1, 0.15) is 58.7 Å². The van der Waals surface area contributed by atoms with E-state index in [1.807, 2.05) is 23.7 Å². The number of nitrogens with one attached hydrogen (secondary N) is 1. The molecular formula is C18H24N2S. The number of nitrogens with zero attached hydrogens (tertiary/aromatic N) is 1. The second kappa shape index (κ2) is 6.71. The van der Waals surface area contributed by atoms with Crippen LogP contribution in [0.5, 0.6) is 0 Å². The molecule has 0 aliphatic heterocycles. The van der Waals surface area contributed by atoms with Crippen molar-refractivity contribution < 1.29 is 0 Å². The Morgan fingerprint density at radius 2 is 2.19 bits per heavy atom. The number of pyridine rings is 1. The van der Waals surface area contributed by atoms with Gasteiger partial charge in [0, 0.05) is 22.1 Å². The van der Waals surface area contributed by atoms with Gasteiger partial charge in [0.15, 0.2) is 0 Å². The Morgan fingerprint density at radius 1 is 1.33 bits per heavy atom. The summed E-state index contributed by atoms with van der Waals surface area (Å²) in [7, 11) is 0. The lowest BCUT2D eigenvalue weighted by atomic mass is 9.97. The van der Waals surface area contributed by atoms with Gasteiger partial charge in [-0.1, -0.05) is 6.92 Å². The number of hydrogen-bond acceptors (Lipinski definition) is 3. The molecule has 21 heavy (non-hydrogen) atoms. The van der Waals surface area contributed by atoms with E-state index in [9.17, 15) is 0 Å². The van der Waals surface area contributed by atoms with Gasteiger partial charge in [-0.05, 0) is 74.4 Å². The molecule has 2 aromatic heterocycles. The summed E-state index contributed by atoms with van der Waals surface area (Å²) in [5.74, 6) is 0. The van der Waals surface area contributed by atoms with Crippen molar-refractivity contribution in [2.24, 2.45) is 0 Å². The first kappa shape index (κ1) is 14.7. The van der Waals surface area contributed by atoms with Gasteiger partial charge in [0.1, 0.15) is 0 Å². The maximum atomic E-state index is 4.35. The van der Waals surface area contributed by atoms with Gasteiger partial charge in [-0.3, -0.25) is 4.98 Å². The number of aromatic nitrogens is 1. The van der Waals surface area contributed by atoms with E-state index in [1.165, 1.54) is 41.7 Å². The zero-order chi connectivity index (χ0) is 14.7. The molecule has 0 radical (unpaired) electrons. The molecule has 1 atom stereocenters. The van der Waals surface area contributed by atoms with Gasteiger partial charge in [-0.2, -0.15) is 0 Å². The van der Waals surface area contributed by atoms with Crippen LogP contribution >= 0.6 is 11.3 Å². The smallest absolute Gasteiger partial charge is 0.0688 e. The molecule has 1 unspecified atom stereocenters. The SMILES string of the molecule is CCCNC(c1cc2c(s1)CCCC2)c1cnccc1C. The molecule has 2 heterocycles. The first-order chi connectivity index (χ1) is 10.3. The van der Waals surface area contributed by atoms with Crippen molar-refractivity contribution in [1.29, 1.82) is 0 Å². The molecule has 0 spiro atoms. The summed E-state index contributed by atoms with van der Waals surface area (Å²) < 4.78 is 0. The van der Waals surface area contributed by atoms with Crippen LogP contribution in [-0.2, 0) is 12.8 Å². The molecule has 0 fully saturated rings. The molecule has 3 rings (SSSR count). The van der Waals surface area contributed by atoms with Gasteiger partial charge in [0.2, 0.25) is 0 Å². The van der Waals surface area contributed by atoms with Crippen molar-refractivity contribution >= 4 is 11.3 Å². The highest BCUT2D eigenvalue weighted by Gasteiger charge is 2.21. The predicted octanol–water partition coefficient (Wildman–Crippen LogP) is 4.42. The van der Waals surface area contributed by atoms with Crippen LogP contribution in [0.2, 0.25) is 0 Å². The minimum atomic E-state index is 0.300. The van der Waals surface area contributed by atoms with Gasteiger partial charge in [0.05, 0.1) is 6.04 Å². The van der Waals surface area contributed by atoms with Crippen molar-refractivity contribution in [1.82, 2.24) is 10.3 Å². The fourth-order valence-corrected chi connectivity index (χ4v) is 4.44. The quantitative estimate of drug-likeness (QED) is 0.884. The van der Waals surface area contributed by atoms with E-state index in [0.717, 1.165) is 13.0 Å². The lowest BCUT2D eigenvalue weighted by molar-refractivity contribution is 0.601. The lowest BCUT2D eigenvalue weighted by Crippen LogP contribution is -2.23. The molecule has 2 nitrogen and oxygen atoms in total. The molecule has 0 aromatic carbocycles. The molecule has 2 aromatic rings. The van der Waals surface area contributed by atoms with Crippen LogP contribution in [0, 0.1) is 6.92 Å². The van der Waals surface area contributed by atoms with E-state index < -0.39 is 0 Å². The Bertz CT molecular complexity index is 580. The molecule has 1 aliphatic rings. The summed E-state index contributed by atoms with van der Waals surface area (Å²) in [5, 5.41) is 3.72. The molecule has 0 saturated heterocycles. The largest absolute Gasteiger partial charge is 0.306 e. The average molecular weight is 300 g/mol. The number of rotatable bonds is 5. The van der Waals surface area contributed by atoms with E-state index >= 15 is 0 Å². The van der Waals surface area contributed by atoms with Gasteiger partial charge in [-0.15, -0.1) is 11.3 Å². The van der Waals surface area contributed by atoms with Crippen LogP contribution in [-0.4, -0.2) is 11.5 Å². The molecule has 112 valence electrons. The number of fused-ring (bicyclic) bond motifs is 1. The number of aryl methyl sites for hydroxylation is 3. The molecule has 3 heteroatoms. The van der Waals surface area contributed by atoms with Crippen LogP contribution < -0.4 is 5.32 Å². The number of hydrogen-bond donors (Lipinski definition) is 1. The van der Waals surface area contributed by atoms with E-state index in [2.05, 4.69) is 36.3 Å². The number of thiophene rings is 1. The summed E-state index contributed by atoms with van der Waals surface area (Å²) >= 11 is 2.01. The van der Waals surface area contributed by atoms with Crippen molar-refractivity contribution in [3.63, 3.8) is 0 Å². The third-order valence-electron chi connectivity index (χ3n) is 4.29. The first-order valence-corrected chi connectivity index (χ1v) is 8.86. The van der Waals surface area contributed by atoms with Crippen molar-refractivity contribution in [3.8, 4) is 0 Å². The lowest BCUT2D eigenvalue weighted by Gasteiger charge is -2.19. The van der Waals surface area contributed by atoms with Gasteiger partial charge in [0.25, 0.3) is 0 Å². The van der Waals surface area contributed by atoms with E-state index in [4.69, 9.17) is 0 Å². The Kier molecular flexibility index (Phi) is 4.71. The Balaban J connectivity index is 1.95. The molecule has 0 amide bonds. The molecule has 1 N–H and O–H groups in total. The topological polar surface area (TPSA) is 24.9 Å². The summed E-state index contributed by atoms with van der Waals surface area (Å²) in [6.07, 6.45) is 10.3. The van der Waals surface area contributed by atoms with E-state index in [1.54, 1.807) is 10.4 Å². The summed E-state index contributed by atoms with van der Waals surface area (Å²) in [6.45, 7) is 5.45. The highest BCUT2D eigenvalue weighted by molar-refractivity contribution is 7.12. The normalized spacial score (nSPS) is 15.7. The average Bonchev–Trinajstić information content (AvgIpc) is 2.93. The molecule has 0 bridgehead atoms. The molecule has 1 aliphatic carbocycles. The minimum Gasteiger partial charge on any atom is -0.306 e. The van der Waals surface area contributed by atoms with Gasteiger partial charge >= 0.3 is 0 Å². The third-order valence-corrected chi connectivity index (χ3v) is 5.59. The maximum absolute atomic E-state index is 4.35. The zero-order valence-corrected chi connectivity index (χ0v) is 13.8. The minimum absolute atomic E-state index is 0.300. The van der Waals surface area contributed by atoms with Crippen LogP contribution in [0.25, 0.3) is 0 Å². The standard InChI is InChI=1S/C18H24N2S/c1-3-9-20-18(15-12-19-10-8-13(15)2)17-11-14-6-4-5-7-16(14)21-17/h8,10-12,18,20H,3-7,9H2,1-2H3. The second-order valence-corrected chi connectivity index (χ2v) is 7.09. The van der Waals surface area contributed by atoms with Crippen molar-refractivity contribution in [3.05, 3.63) is 51.0 Å². The Hall–Kier alpha value is -1.19. The second-order valence-electron chi connectivity index (χ2n) is 5.92. The highest BCUT2D eigenvalue weighted by Crippen LogP contribution is 2.35. The first-order valence-electron chi connectivity index (χ1n) is 8.05. The van der Waals surface area contributed by atoms with E-state index in [-0.39, 0.29) is 0 Å². The molecule has 0 saturated carbocycles. The fourth-order valence-electron chi connectivity index (χ4n) is 3.09. The van der Waals surface area contributed by atoms with Crippen LogP contribution in [0.15, 0.2) is 24.5 Å². The predicted molar refractivity (Wildman–Crippen MR) is 90.1 cm³/mol. The Labute approximate surface area is 131 Å². The van der Waals surface area contributed by atoms with Crippen LogP contribution in [0.4, 0.5) is 0 Å². The van der Waals surface area contributed by atoms with E-state index in [0.29, 0.717) is 6.04 Å². The fraction of sp³-hybridized carbons (Fsp3) is 0.500. The highest BCUT2D eigenvalue weighted by atomic mass is 32.1. The monoisotopic (exact) mass is 300 g/mol.